The first-order chi connectivity index (χ1) is 8.77. The molecule has 2 aromatic rings. The molecule has 0 spiro atoms. The monoisotopic (exact) mass is 236 g/mol. The molecule has 2 aromatic carbocycles. The summed E-state index contributed by atoms with van der Waals surface area (Å²) in [7, 11) is -1.37. The third-order valence-electron chi connectivity index (χ3n) is 3.79. The van der Waals surface area contributed by atoms with Crippen LogP contribution < -0.4 is 16.4 Å². The van der Waals surface area contributed by atoms with E-state index in [0.29, 0.717) is 12.2 Å². The number of rotatable bonds is 2. The molecule has 0 bridgehead atoms. The lowest BCUT2D eigenvalue weighted by Gasteiger charge is -2.10. The normalized spacial score (nSPS) is 13.6. The van der Waals surface area contributed by atoms with Crippen LogP contribution in [0.15, 0.2) is 48.5 Å². The summed E-state index contributed by atoms with van der Waals surface area (Å²) in [5.74, 6) is 0. The summed E-state index contributed by atoms with van der Waals surface area (Å²) in [6, 6.07) is 16.2. The average molecular weight is 236 g/mol. The molecule has 0 saturated carbocycles. The number of fused-ring (bicyclic) bond motifs is 1. The van der Waals surface area contributed by atoms with Crippen molar-refractivity contribution in [3.8, 4) is 0 Å². The van der Waals surface area contributed by atoms with Gasteiger partial charge in [-0.1, -0.05) is 71.3 Å². The van der Waals surface area contributed by atoms with E-state index < -0.39 is 7.12 Å². The summed E-state index contributed by atoms with van der Waals surface area (Å²) in [6.07, 6.45) is 1.96. The van der Waals surface area contributed by atoms with Crippen molar-refractivity contribution in [3.05, 3.63) is 54.1 Å². The Balaban J connectivity index is 2.05. The summed E-state index contributed by atoms with van der Waals surface area (Å²) >= 11 is 0. The third-order valence-corrected chi connectivity index (χ3v) is 3.79. The predicted molar refractivity (Wildman–Crippen MR) is 76.2 cm³/mol. The molecule has 1 aliphatic heterocycles. The van der Waals surface area contributed by atoms with E-state index in [4.69, 9.17) is 0 Å². The molecule has 0 radical (unpaired) electrons. The van der Waals surface area contributed by atoms with E-state index in [9.17, 15) is 10.0 Å². The second-order valence-electron chi connectivity index (χ2n) is 4.79. The first kappa shape index (κ1) is 11.6. The zero-order valence-electron chi connectivity index (χ0n) is 10.1. The smallest absolute Gasteiger partial charge is 0.423 e. The fraction of sp³-hybridized carbons (Fsp3) is 0.143. The number of benzene rings is 2. The van der Waals surface area contributed by atoms with Gasteiger partial charge < -0.3 is 10.0 Å². The molecule has 1 heterocycles. The Morgan fingerprint density at radius 1 is 0.944 bits per heavy atom. The van der Waals surface area contributed by atoms with Crippen molar-refractivity contribution >= 4 is 30.2 Å². The Morgan fingerprint density at radius 3 is 2.44 bits per heavy atom. The van der Waals surface area contributed by atoms with E-state index in [1.165, 1.54) is 10.9 Å². The molecular formula is C14H14B2O2. The van der Waals surface area contributed by atoms with E-state index in [-0.39, 0.29) is 0 Å². The maximum absolute atomic E-state index is 9.40. The quantitative estimate of drug-likeness (QED) is 0.692. The van der Waals surface area contributed by atoms with E-state index in [2.05, 4.69) is 30.3 Å². The van der Waals surface area contributed by atoms with E-state index in [1.54, 1.807) is 6.07 Å². The van der Waals surface area contributed by atoms with Gasteiger partial charge in [0.1, 0.15) is 0 Å². The Kier molecular flexibility index (Phi) is 2.98. The van der Waals surface area contributed by atoms with Gasteiger partial charge in [-0.25, -0.2) is 0 Å². The zero-order chi connectivity index (χ0) is 12.5. The van der Waals surface area contributed by atoms with Crippen LogP contribution >= 0.6 is 0 Å². The molecular weight excluding hydrogens is 222 g/mol. The largest absolute Gasteiger partial charge is 0.488 e. The van der Waals surface area contributed by atoms with Crippen molar-refractivity contribution in [1.29, 1.82) is 0 Å². The predicted octanol–water partition coefficient (Wildman–Crippen LogP) is -0.469. The maximum atomic E-state index is 9.40. The summed E-state index contributed by atoms with van der Waals surface area (Å²) in [5.41, 5.74) is 4.32. The van der Waals surface area contributed by atoms with Crippen LogP contribution in [0.1, 0.15) is 5.56 Å². The summed E-state index contributed by atoms with van der Waals surface area (Å²) in [5, 5.41) is 18.8. The lowest BCUT2D eigenvalue weighted by atomic mass is 9.41. The molecule has 0 aliphatic carbocycles. The zero-order valence-corrected chi connectivity index (χ0v) is 10.1. The first-order valence-electron chi connectivity index (χ1n) is 6.30. The van der Waals surface area contributed by atoms with Gasteiger partial charge in [-0.15, -0.1) is 0 Å². The highest BCUT2D eigenvalue weighted by Crippen LogP contribution is 2.13. The highest BCUT2D eigenvalue weighted by molar-refractivity contribution is 6.87. The van der Waals surface area contributed by atoms with Gasteiger partial charge in [-0.05, 0) is 11.9 Å². The van der Waals surface area contributed by atoms with Gasteiger partial charge in [-0.2, -0.15) is 0 Å². The third kappa shape index (κ3) is 1.88. The molecule has 4 heteroatoms. The van der Waals surface area contributed by atoms with Crippen molar-refractivity contribution in [2.75, 3.05) is 0 Å². The molecule has 1 aliphatic rings. The highest BCUT2D eigenvalue weighted by atomic mass is 16.4. The molecule has 2 N–H and O–H groups in total. The van der Waals surface area contributed by atoms with Gasteiger partial charge in [0.05, 0.1) is 0 Å². The van der Waals surface area contributed by atoms with Crippen LogP contribution in [0.3, 0.4) is 0 Å². The van der Waals surface area contributed by atoms with Crippen LogP contribution in [-0.2, 0) is 6.42 Å². The van der Waals surface area contributed by atoms with Gasteiger partial charge >= 0.3 is 7.12 Å². The maximum Gasteiger partial charge on any atom is 0.488 e. The summed E-state index contributed by atoms with van der Waals surface area (Å²) in [4.78, 5) is 0. The van der Waals surface area contributed by atoms with Crippen LogP contribution in [0.5, 0.6) is 0 Å². The van der Waals surface area contributed by atoms with Crippen molar-refractivity contribution in [3.63, 3.8) is 0 Å². The van der Waals surface area contributed by atoms with E-state index >= 15 is 0 Å². The van der Waals surface area contributed by atoms with Crippen molar-refractivity contribution in [2.45, 2.75) is 12.7 Å². The van der Waals surface area contributed by atoms with E-state index in [1.807, 2.05) is 12.1 Å². The van der Waals surface area contributed by atoms with Crippen LogP contribution in [0, 0.1) is 0 Å². The molecule has 0 unspecified atom stereocenters. The number of hydrogen-bond donors (Lipinski definition) is 2. The van der Waals surface area contributed by atoms with Crippen molar-refractivity contribution in [1.82, 2.24) is 0 Å². The van der Waals surface area contributed by atoms with Gasteiger partial charge in [0.2, 0.25) is 6.71 Å². The Bertz CT molecular complexity index is 555. The molecule has 3 rings (SSSR count). The second kappa shape index (κ2) is 4.63. The number of hydrogen-bond acceptors (Lipinski definition) is 2. The average Bonchev–Trinajstić information content (AvgIpc) is 2.83. The van der Waals surface area contributed by atoms with Crippen LogP contribution in [0.25, 0.3) is 0 Å². The minimum absolute atomic E-state index is 0.389. The topological polar surface area (TPSA) is 40.5 Å². The van der Waals surface area contributed by atoms with Crippen LogP contribution in [0.4, 0.5) is 0 Å². The Hall–Kier alpha value is -1.51. The SMILES string of the molecule is OB(O)c1cccc2c1CCB2c1ccccc1. The minimum Gasteiger partial charge on any atom is -0.423 e. The molecule has 18 heavy (non-hydrogen) atoms. The van der Waals surface area contributed by atoms with Gasteiger partial charge in [0.15, 0.2) is 0 Å². The fourth-order valence-electron chi connectivity index (χ4n) is 2.96. The van der Waals surface area contributed by atoms with Crippen LogP contribution in [0.2, 0.25) is 6.32 Å². The molecule has 0 fully saturated rings. The van der Waals surface area contributed by atoms with Gasteiger partial charge in [0, 0.05) is 0 Å². The summed E-state index contributed by atoms with van der Waals surface area (Å²) < 4.78 is 0. The molecule has 88 valence electrons. The Labute approximate surface area is 108 Å². The molecule has 2 nitrogen and oxygen atoms in total. The van der Waals surface area contributed by atoms with Gasteiger partial charge in [-0.3, -0.25) is 0 Å². The fourth-order valence-corrected chi connectivity index (χ4v) is 2.96. The van der Waals surface area contributed by atoms with Crippen LogP contribution in [-0.4, -0.2) is 23.9 Å². The lowest BCUT2D eigenvalue weighted by molar-refractivity contribution is 0.425. The highest BCUT2D eigenvalue weighted by Gasteiger charge is 2.31. The minimum atomic E-state index is -1.37. The molecule has 0 aromatic heterocycles. The van der Waals surface area contributed by atoms with E-state index in [0.717, 1.165) is 18.3 Å². The second-order valence-corrected chi connectivity index (χ2v) is 4.79. The molecule has 0 atom stereocenters. The lowest BCUT2D eigenvalue weighted by Crippen LogP contribution is -2.42. The standard InChI is InChI=1S/C14H14B2O2/c17-16(18)14-8-4-7-13-12(14)9-10-15(13)11-5-2-1-3-6-11/h1-8,17-18H,9-10H2. The molecule has 0 saturated heterocycles. The first-order valence-corrected chi connectivity index (χ1v) is 6.30. The van der Waals surface area contributed by atoms with Crippen molar-refractivity contribution in [2.24, 2.45) is 0 Å². The summed E-state index contributed by atoms with van der Waals surface area (Å²) in [6.45, 7) is 0.389. The Morgan fingerprint density at radius 2 is 1.72 bits per heavy atom. The molecule has 0 amide bonds. The van der Waals surface area contributed by atoms with Crippen molar-refractivity contribution < 1.29 is 10.0 Å². The van der Waals surface area contributed by atoms with Gasteiger partial charge in [0.25, 0.3) is 0 Å².